The van der Waals surface area contributed by atoms with Gasteiger partial charge in [0.2, 0.25) is 0 Å². The first-order chi connectivity index (χ1) is 10.3. The minimum atomic E-state index is 0.250. The van der Waals surface area contributed by atoms with Gasteiger partial charge in [-0.3, -0.25) is 4.98 Å². The number of ether oxygens (including phenoxy) is 1. The Morgan fingerprint density at radius 2 is 1.86 bits per heavy atom. The van der Waals surface area contributed by atoms with Crippen LogP contribution < -0.4 is 4.74 Å². The van der Waals surface area contributed by atoms with Crippen molar-refractivity contribution in [2.24, 2.45) is 0 Å². The van der Waals surface area contributed by atoms with E-state index in [9.17, 15) is 0 Å². The van der Waals surface area contributed by atoms with Gasteiger partial charge in [0.1, 0.15) is 11.9 Å². The van der Waals surface area contributed by atoms with Gasteiger partial charge in [0.25, 0.3) is 5.88 Å². The molecule has 0 atom stereocenters. The molecule has 104 valence electrons. The zero-order valence-electron chi connectivity index (χ0n) is 10.8. The van der Waals surface area contributed by atoms with E-state index in [2.05, 4.69) is 20.4 Å². The minimum Gasteiger partial charge on any atom is -0.436 e. The van der Waals surface area contributed by atoms with E-state index >= 15 is 0 Å². The first-order valence-electron chi connectivity index (χ1n) is 5.87. The number of rotatable bonds is 3. The largest absolute Gasteiger partial charge is 0.436 e. The predicted octanol–water partition coefficient (Wildman–Crippen LogP) is 2.08. The highest BCUT2D eigenvalue weighted by Crippen LogP contribution is 2.25. The van der Waals surface area contributed by atoms with E-state index in [0.29, 0.717) is 11.6 Å². The second-order valence-electron chi connectivity index (χ2n) is 3.76. The smallest absolute Gasteiger partial charge is 0.373 e. The van der Waals surface area contributed by atoms with Crippen LogP contribution in [0.2, 0.25) is 0 Å². The molecule has 1 N–H and O–H groups in total. The number of benzene rings is 1. The van der Waals surface area contributed by atoms with Crippen LogP contribution in [0.5, 0.6) is 11.6 Å². The molecule has 0 saturated carbocycles. The molecule has 0 amide bonds. The topological polar surface area (TPSA) is 97.8 Å². The van der Waals surface area contributed by atoms with E-state index in [4.69, 9.17) is 14.3 Å². The van der Waals surface area contributed by atoms with Gasteiger partial charge in [0, 0.05) is 18.0 Å². The lowest BCUT2D eigenvalue weighted by atomic mass is 10.1. The Morgan fingerprint density at radius 1 is 1.05 bits per heavy atom. The van der Waals surface area contributed by atoms with Gasteiger partial charge in [0.15, 0.2) is 0 Å². The first-order valence-corrected chi connectivity index (χ1v) is 5.87. The molecule has 0 spiro atoms. The number of hydrogen-bond acceptors (Lipinski definition) is 6. The van der Waals surface area contributed by atoms with Gasteiger partial charge in [-0.15, -0.1) is 5.10 Å². The number of aromatic amines is 1. The molecule has 1 aromatic carbocycles. The summed E-state index contributed by atoms with van der Waals surface area (Å²) in [4.78, 5) is 20.3. The lowest BCUT2D eigenvalue weighted by molar-refractivity contribution is -0.191. The quantitative estimate of drug-likeness (QED) is 0.789. The normalized spacial score (nSPS) is 9.14. The molecule has 0 saturated heterocycles. The van der Waals surface area contributed by atoms with Crippen LogP contribution in [0.1, 0.15) is 0 Å². The van der Waals surface area contributed by atoms with Crippen molar-refractivity contribution in [2.75, 3.05) is 0 Å². The molecule has 0 unspecified atom stereocenters. The van der Waals surface area contributed by atoms with Gasteiger partial charge >= 0.3 is 6.15 Å². The molecule has 2 heterocycles. The molecule has 3 aromatic rings. The molecule has 0 bridgehead atoms. The number of pyridine rings is 1. The van der Waals surface area contributed by atoms with Crippen LogP contribution >= 0.6 is 0 Å². The zero-order valence-corrected chi connectivity index (χ0v) is 10.8. The van der Waals surface area contributed by atoms with Crippen molar-refractivity contribution >= 4 is 6.15 Å². The van der Waals surface area contributed by atoms with Gasteiger partial charge in [-0.2, -0.15) is 19.9 Å². The van der Waals surface area contributed by atoms with Gasteiger partial charge in [-0.25, -0.2) is 0 Å². The summed E-state index contributed by atoms with van der Waals surface area (Å²) in [5.74, 6) is 1.16. The highest BCUT2D eigenvalue weighted by molar-refractivity contribution is 5.64. The van der Waals surface area contributed by atoms with Crippen molar-refractivity contribution in [1.82, 2.24) is 20.4 Å². The van der Waals surface area contributed by atoms with Crippen molar-refractivity contribution in [2.45, 2.75) is 0 Å². The van der Waals surface area contributed by atoms with Crippen LogP contribution in [0.15, 0.2) is 55.0 Å². The summed E-state index contributed by atoms with van der Waals surface area (Å²) in [5.41, 5.74) is 2.09. The lowest BCUT2D eigenvalue weighted by Gasteiger charge is -2.04. The Balaban J connectivity index is 0.000000497. The number of hydrogen-bond donors (Lipinski definition) is 1. The molecule has 7 heteroatoms. The van der Waals surface area contributed by atoms with Gasteiger partial charge in [-0.05, 0) is 23.8 Å². The molecule has 0 aliphatic carbocycles. The van der Waals surface area contributed by atoms with Gasteiger partial charge in [0.05, 0.1) is 0 Å². The summed E-state index contributed by atoms with van der Waals surface area (Å²) < 4.78 is 5.56. The van der Waals surface area contributed by atoms with Crippen LogP contribution in [0, 0.1) is 0 Å². The average molecular weight is 282 g/mol. The summed E-state index contributed by atoms with van der Waals surface area (Å²) in [7, 11) is 0. The Hall–Kier alpha value is -3.31. The summed E-state index contributed by atoms with van der Waals surface area (Å²) in [6, 6.07) is 11.6. The van der Waals surface area contributed by atoms with Crippen LogP contribution in [-0.2, 0) is 9.59 Å². The molecule has 3 rings (SSSR count). The van der Waals surface area contributed by atoms with Crippen molar-refractivity contribution in [1.29, 1.82) is 0 Å². The Morgan fingerprint density at radius 3 is 2.52 bits per heavy atom. The van der Waals surface area contributed by atoms with Crippen LogP contribution in [-0.4, -0.2) is 26.5 Å². The van der Waals surface area contributed by atoms with E-state index in [1.54, 1.807) is 6.20 Å². The van der Waals surface area contributed by atoms with Crippen molar-refractivity contribution in [3.8, 4) is 22.8 Å². The zero-order chi connectivity index (χ0) is 14.9. The highest BCUT2D eigenvalue weighted by Gasteiger charge is 2.02. The summed E-state index contributed by atoms with van der Waals surface area (Å²) in [6.07, 6.45) is 5.34. The fourth-order valence-electron chi connectivity index (χ4n) is 1.63. The molecular formula is C14H10N4O3. The second kappa shape index (κ2) is 7.32. The summed E-state index contributed by atoms with van der Waals surface area (Å²) >= 11 is 0. The van der Waals surface area contributed by atoms with E-state index in [1.807, 2.05) is 42.6 Å². The maximum atomic E-state index is 8.12. The van der Waals surface area contributed by atoms with Crippen LogP contribution in [0.25, 0.3) is 11.1 Å². The fraction of sp³-hybridized carbons (Fsp3) is 0. The third-order valence-corrected chi connectivity index (χ3v) is 2.44. The van der Waals surface area contributed by atoms with E-state index in [1.165, 1.54) is 6.20 Å². The van der Waals surface area contributed by atoms with Crippen molar-refractivity contribution in [3.63, 3.8) is 0 Å². The van der Waals surface area contributed by atoms with E-state index < -0.39 is 0 Å². The number of aromatic nitrogens is 4. The number of nitrogens with one attached hydrogen (secondary N) is 1. The Bertz CT molecular complexity index is 708. The Labute approximate surface area is 119 Å². The van der Waals surface area contributed by atoms with Crippen molar-refractivity contribution in [3.05, 3.63) is 55.0 Å². The maximum Gasteiger partial charge on any atom is 0.373 e. The summed E-state index contributed by atoms with van der Waals surface area (Å²) in [6.45, 7) is 0. The van der Waals surface area contributed by atoms with Gasteiger partial charge < -0.3 is 4.74 Å². The molecule has 2 aromatic heterocycles. The van der Waals surface area contributed by atoms with E-state index in [0.717, 1.165) is 11.1 Å². The molecular weight excluding hydrogens is 272 g/mol. The third-order valence-electron chi connectivity index (χ3n) is 2.44. The standard InChI is InChI=1S/C13H10N4O.CO2/c1-3-10(11-4-2-6-14-8-11)7-12(5-1)18-13-9-15-17-16-13;2-1-3/h1-9H,(H,15,16,17);. The number of H-pyrrole nitrogens is 1. The van der Waals surface area contributed by atoms with Gasteiger partial charge in [-0.1, -0.05) is 18.2 Å². The van der Waals surface area contributed by atoms with Crippen LogP contribution in [0.4, 0.5) is 0 Å². The molecule has 7 nitrogen and oxygen atoms in total. The molecule has 0 aliphatic rings. The fourth-order valence-corrected chi connectivity index (χ4v) is 1.63. The predicted molar refractivity (Wildman–Crippen MR) is 71.1 cm³/mol. The third kappa shape index (κ3) is 4.09. The highest BCUT2D eigenvalue weighted by atomic mass is 16.5. The first kappa shape index (κ1) is 14.1. The Kier molecular flexibility index (Phi) is 4.92. The number of nitrogens with zero attached hydrogens (tertiary/aromatic N) is 3. The van der Waals surface area contributed by atoms with Crippen LogP contribution in [0.3, 0.4) is 0 Å². The SMILES string of the molecule is O=C=O.c1cncc(-c2cccc(Oc3cn[nH]n3)c2)c1. The average Bonchev–Trinajstić information content (AvgIpc) is 3.02. The lowest BCUT2D eigenvalue weighted by Crippen LogP contribution is -1.85. The molecule has 0 aliphatic heterocycles. The number of carbonyl (C=O) groups excluding carboxylic acids is 2. The molecule has 0 radical (unpaired) electrons. The second-order valence-corrected chi connectivity index (χ2v) is 3.76. The maximum absolute atomic E-state index is 8.12. The van der Waals surface area contributed by atoms with Crippen molar-refractivity contribution < 1.29 is 14.3 Å². The molecule has 21 heavy (non-hydrogen) atoms. The van der Waals surface area contributed by atoms with E-state index in [-0.39, 0.29) is 6.15 Å². The summed E-state index contributed by atoms with van der Waals surface area (Å²) in [5, 5.41) is 10.0. The monoisotopic (exact) mass is 282 g/mol. The molecule has 0 fully saturated rings. The minimum absolute atomic E-state index is 0.250.